The first kappa shape index (κ1) is 8.56. The number of rotatable bonds is 1. The van der Waals surface area contributed by atoms with Crippen molar-refractivity contribution < 1.29 is 42.4 Å². The van der Waals surface area contributed by atoms with E-state index in [4.69, 9.17) is 0 Å². The van der Waals surface area contributed by atoms with Crippen molar-refractivity contribution in [2.45, 2.75) is 21.7 Å². The summed E-state index contributed by atoms with van der Waals surface area (Å²) in [6.07, 6.45) is 0. The van der Waals surface area contributed by atoms with Crippen LogP contribution >= 0.6 is 0 Å². The monoisotopic (exact) mass is 352 g/mol. The third kappa shape index (κ3) is 1.94. The topological polar surface area (TPSA) is 0 Å². The minimum atomic E-state index is 0.564. The molecule has 0 nitrogen and oxygen atoms in total. The molecular weight excluding hydrogens is 338 g/mol. The molecule has 0 spiro atoms. The van der Waals surface area contributed by atoms with Gasteiger partial charge >= 0.3 is 79.4 Å². The van der Waals surface area contributed by atoms with Gasteiger partial charge in [-0.15, -0.1) is 0 Å². The first-order valence-corrected chi connectivity index (χ1v) is 9.49. The van der Waals surface area contributed by atoms with Gasteiger partial charge in [0.2, 0.25) is 0 Å². The molecule has 0 radical (unpaired) electrons. The fraction of sp³-hybridized carbons (Fsp3) is 1.00. The minimum absolute atomic E-state index is 0.564. The normalized spacial score (nSPS) is 45.0. The molecule has 0 bridgehead atoms. The SMILES string of the molecule is C[I-]C1C[I-]C(C)[C@H]1C. The molecule has 58 valence electrons. The van der Waals surface area contributed by atoms with E-state index in [2.05, 4.69) is 18.8 Å². The number of hydrogen-bond donors (Lipinski definition) is 0. The summed E-state index contributed by atoms with van der Waals surface area (Å²) in [6, 6.07) is 0. The van der Waals surface area contributed by atoms with E-state index < -0.39 is 0 Å². The molecule has 3 atom stereocenters. The fourth-order valence-electron chi connectivity index (χ4n) is 1.05. The van der Waals surface area contributed by atoms with E-state index in [1.54, 1.807) is 4.43 Å². The van der Waals surface area contributed by atoms with Crippen molar-refractivity contribution in [3.8, 4) is 0 Å². The summed E-state index contributed by atoms with van der Waals surface area (Å²) in [5, 5.41) is 0. The van der Waals surface area contributed by atoms with Gasteiger partial charge in [-0.2, -0.15) is 0 Å². The van der Waals surface area contributed by atoms with Gasteiger partial charge in [0.05, 0.1) is 0 Å². The third-order valence-electron chi connectivity index (χ3n) is 2.06. The van der Waals surface area contributed by atoms with Gasteiger partial charge in [0.25, 0.3) is 0 Å². The van der Waals surface area contributed by atoms with Crippen molar-refractivity contribution in [3.63, 3.8) is 0 Å². The molecule has 0 aromatic carbocycles. The Labute approximate surface area is 78.7 Å². The molecule has 0 aromatic heterocycles. The van der Waals surface area contributed by atoms with Crippen LogP contribution in [0.3, 0.4) is 0 Å². The van der Waals surface area contributed by atoms with Crippen LogP contribution in [-0.2, 0) is 0 Å². The van der Waals surface area contributed by atoms with Gasteiger partial charge in [-0.3, -0.25) is 0 Å². The van der Waals surface area contributed by atoms with Crippen LogP contribution in [0, 0.1) is 5.92 Å². The predicted octanol–water partition coefficient (Wildman–Crippen LogP) is -4.80. The zero-order chi connectivity index (χ0) is 6.85. The van der Waals surface area contributed by atoms with Crippen molar-refractivity contribution in [1.82, 2.24) is 0 Å². The van der Waals surface area contributed by atoms with E-state index in [1.165, 1.54) is 3.92 Å². The van der Waals surface area contributed by atoms with Gasteiger partial charge in [0.1, 0.15) is 0 Å². The van der Waals surface area contributed by atoms with E-state index in [0.29, 0.717) is 42.4 Å². The molecule has 0 N–H and O–H groups in total. The third-order valence-corrected chi connectivity index (χ3v) is 10.9. The first-order chi connectivity index (χ1) is 4.25. The zero-order valence-electron chi connectivity index (χ0n) is 6.20. The quantitative estimate of drug-likeness (QED) is 0.329. The second kappa shape index (κ2) is 3.74. The Bertz CT molecular complexity index is 92.9. The van der Waals surface area contributed by atoms with Crippen LogP contribution in [0.25, 0.3) is 0 Å². The summed E-state index contributed by atoms with van der Waals surface area (Å²) in [6.45, 7) is 4.92. The van der Waals surface area contributed by atoms with Crippen molar-refractivity contribution >= 4 is 0 Å². The molecule has 9 heavy (non-hydrogen) atoms. The molecule has 1 saturated heterocycles. The Morgan fingerprint density at radius 2 is 2.11 bits per heavy atom. The van der Waals surface area contributed by atoms with Gasteiger partial charge < -0.3 is 0 Å². The molecule has 1 rings (SSSR count). The van der Waals surface area contributed by atoms with E-state index >= 15 is 0 Å². The fourth-order valence-corrected chi connectivity index (χ4v) is 10.9. The summed E-state index contributed by atoms with van der Waals surface area (Å²) in [4.78, 5) is 2.45. The molecule has 0 amide bonds. The van der Waals surface area contributed by atoms with Gasteiger partial charge in [-0.1, -0.05) is 0 Å². The van der Waals surface area contributed by atoms with Crippen LogP contribution in [0.4, 0.5) is 0 Å². The average Bonchev–Trinajstić information content (AvgIpc) is 2.15. The van der Waals surface area contributed by atoms with Crippen LogP contribution in [0.1, 0.15) is 13.8 Å². The standard InChI is InChI=1S/C7H14I2/c1-5-6(2)9-4-7(5)8-3/h5-7H,4H2,1-3H3/q-2/t5-,6?,7?/m1/s1. The molecular formula is C7H14I2-2. The van der Waals surface area contributed by atoms with Crippen molar-refractivity contribution in [2.75, 3.05) is 9.36 Å². The summed E-state index contributed by atoms with van der Waals surface area (Å²) < 4.78 is 3.98. The maximum absolute atomic E-state index is 2.46. The molecule has 1 aliphatic heterocycles. The van der Waals surface area contributed by atoms with Crippen molar-refractivity contribution in [2.24, 2.45) is 5.92 Å². The van der Waals surface area contributed by atoms with Gasteiger partial charge in [0.15, 0.2) is 0 Å². The Morgan fingerprint density at radius 1 is 1.44 bits per heavy atom. The summed E-state index contributed by atoms with van der Waals surface area (Å²) >= 11 is 1.18. The van der Waals surface area contributed by atoms with Crippen LogP contribution in [0.15, 0.2) is 0 Å². The molecule has 1 heterocycles. The molecule has 2 heteroatoms. The first-order valence-electron chi connectivity index (χ1n) is 3.31. The molecule has 0 aliphatic carbocycles. The molecule has 1 fully saturated rings. The van der Waals surface area contributed by atoms with Crippen LogP contribution in [0.2, 0.25) is 0 Å². The molecule has 2 unspecified atom stereocenters. The van der Waals surface area contributed by atoms with Crippen LogP contribution in [0.5, 0.6) is 0 Å². The van der Waals surface area contributed by atoms with E-state index in [9.17, 15) is 0 Å². The van der Waals surface area contributed by atoms with Crippen molar-refractivity contribution in [1.29, 1.82) is 0 Å². The number of alkyl halides is 4. The Balaban J connectivity index is 2.41. The second-order valence-corrected chi connectivity index (χ2v) is 9.15. The molecule has 0 saturated carbocycles. The van der Waals surface area contributed by atoms with Gasteiger partial charge in [0, 0.05) is 0 Å². The second-order valence-electron chi connectivity index (χ2n) is 2.58. The Morgan fingerprint density at radius 3 is 2.33 bits per heavy atom. The summed E-state index contributed by atoms with van der Waals surface area (Å²) in [7, 11) is 0. The molecule has 1 aliphatic rings. The number of halogens is 2. The number of hydrogen-bond acceptors (Lipinski definition) is 0. The Kier molecular flexibility index (Phi) is 3.55. The van der Waals surface area contributed by atoms with Crippen LogP contribution < -0.4 is 42.4 Å². The predicted molar refractivity (Wildman–Crippen MR) is 33.2 cm³/mol. The summed E-state index contributed by atoms with van der Waals surface area (Å²) in [5.41, 5.74) is 0. The average molecular weight is 352 g/mol. The van der Waals surface area contributed by atoms with Gasteiger partial charge in [-0.05, 0) is 0 Å². The zero-order valence-corrected chi connectivity index (χ0v) is 10.5. The van der Waals surface area contributed by atoms with Gasteiger partial charge in [-0.25, -0.2) is 0 Å². The maximum atomic E-state index is 2.46. The molecule has 0 aromatic rings. The van der Waals surface area contributed by atoms with Crippen LogP contribution in [-0.4, -0.2) is 17.2 Å². The van der Waals surface area contributed by atoms with E-state index in [0.717, 1.165) is 9.84 Å². The van der Waals surface area contributed by atoms with E-state index in [1.807, 2.05) is 0 Å². The summed E-state index contributed by atoms with van der Waals surface area (Å²) in [5.74, 6) is 1.09. The van der Waals surface area contributed by atoms with Crippen molar-refractivity contribution in [3.05, 3.63) is 0 Å². The Hall–Kier alpha value is 1.46. The van der Waals surface area contributed by atoms with E-state index in [-0.39, 0.29) is 0 Å².